The average Bonchev–Trinajstić information content (AvgIpc) is 2.00. The molecular weight excluding hydrogens is 178 g/mol. The summed E-state index contributed by atoms with van der Waals surface area (Å²) in [5.74, 6) is -0.560. The minimum absolute atomic E-state index is 0.293. The van der Waals surface area contributed by atoms with E-state index in [9.17, 15) is 4.79 Å². The van der Waals surface area contributed by atoms with Crippen molar-refractivity contribution in [1.29, 1.82) is 0 Å². The van der Waals surface area contributed by atoms with Gasteiger partial charge < -0.3 is 10.4 Å². The van der Waals surface area contributed by atoms with E-state index in [1.807, 2.05) is 0 Å². The topological polar surface area (TPSA) is 49.3 Å². The van der Waals surface area contributed by atoms with E-state index in [1.165, 1.54) is 19.3 Å². The predicted octanol–water partition coefficient (Wildman–Crippen LogP) is 1.38. The van der Waals surface area contributed by atoms with Crippen LogP contribution in [0, 0.1) is 10.8 Å². The number of carboxylic acid groups (broad SMARTS) is 1. The first kappa shape index (κ1) is 8.72. The lowest BCUT2D eigenvalue weighted by Gasteiger charge is -2.71. The average molecular weight is 195 g/mol. The normalized spacial score (nSPS) is 50.4. The van der Waals surface area contributed by atoms with E-state index in [0.29, 0.717) is 11.5 Å². The molecule has 0 aromatic heterocycles. The molecule has 0 radical (unpaired) electrons. The largest absolute Gasteiger partial charge is 0.481 e. The van der Waals surface area contributed by atoms with Crippen LogP contribution in [-0.2, 0) is 4.79 Å². The van der Waals surface area contributed by atoms with Crippen LogP contribution < -0.4 is 5.32 Å². The highest BCUT2D eigenvalue weighted by molar-refractivity contribution is 5.79. The van der Waals surface area contributed by atoms with Gasteiger partial charge in [0.2, 0.25) is 0 Å². The van der Waals surface area contributed by atoms with Crippen LogP contribution in [0.2, 0.25) is 0 Å². The van der Waals surface area contributed by atoms with Crippen molar-refractivity contribution < 1.29 is 9.90 Å². The molecule has 0 spiro atoms. The van der Waals surface area contributed by atoms with E-state index in [0.717, 1.165) is 25.8 Å². The smallest absolute Gasteiger partial charge is 0.309 e. The maximum atomic E-state index is 10.9. The molecule has 3 nitrogen and oxygen atoms in total. The fourth-order valence-corrected chi connectivity index (χ4v) is 3.84. The van der Waals surface area contributed by atoms with Crippen molar-refractivity contribution in [2.24, 2.45) is 10.8 Å². The Morgan fingerprint density at radius 3 is 2.50 bits per heavy atom. The van der Waals surface area contributed by atoms with Crippen molar-refractivity contribution in [2.75, 3.05) is 6.54 Å². The van der Waals surface area contributed by atoms with Crippen LogP contribution in [0.25, 0.3) is 0 Å². The van der Waals surface area contributed by atoms with E-state index >= 15 is 0 Å². The Morgan fingerprint density at radius 1 is 1.29 bits per heavy atom. The van der Waals surface area contributed by atoms with Gasteiger partial charge in [0.05, 0.1) is 5.41 Å². The zero-order valence-corrected chi connectivity index (χ0v) is 8.38. The van der Waals surface area contributed by atoms with Gasteiger partial charge in [-0.2, -0.15) is 0 Å². The van der Waals surface area contributed by atoms with Crippen LogP contribution >= 0.6 is 0 Å². The molecule has 3 aliphatic carbocycles. The van der Waals surface area contributed by atoms with Crippen LogP contribution in [0.15, 0.2) is 0 Å². The minimum Gasteiger partial charge on any atom is -0.481 e. The SMILES string of the molecule is O=C(O)C12CC(C3CCCCN3)(C1)C2. The monoisotopic (exact) mass is 195 g/mol. The van der Waals surface area contributed by atoms with Crippen LogP contribution in [0.1, 0.15) is 38.5 Å². The summed E-state index contributed by atoms with van der Waals surface area (Å²) in [5.41, 5.74) is 0.0952. The van der Waals surface area contributed by atoms with Gasteiger partial charge in [0.25, 0.3) is 0 Å². The molecule has 2 bridgehead atoms. The van der Waals surface area contributed by atoms with Gasteiger partial charge in [-0.05, 0) is 44.1 Å². The standard InChI is InChI=1S/C11H17NO2/c13-9(14)11-5-10(6-11,7-11)8-3-1-2-4-12-8/h8,12H,1-7H2,(H,13,14). The predicted molar refractivity (Wildman–Crippen MR) is 52.0 cm³/mol. The van der Waals surface area contributed by atoms with Gasteiger partial charge in [-0.1, -0.05) is 6.42 Å². The van der Waals surface area contributed by atoms with Gasteiger partial charge in [-0.15, -0.1) is 0 Å². The van der Waals surface area contributed by atoms with Crippen molar-refractivity contribution in [3.63, 3.8) is 0 Å². The second-order valence-electron chi connectivity index (χ2n) is 5.48. The Morgan fingerprint density at radius 2 is 2.00 bits per heavy atom. The Labute approximate surface area is 83.9 Å². The molecule has 1 saturated heterocycles. The van der Waals surface area contributed by atoms with Crippen molar-refractivity contribution in [2.45, 2.75) is 44.6 Å². The van der Waals surface area contributed by atoms with E-state index in [2.05, 4.69) is 5.32 Å². The summed E-state index contributed by atoms with van der Waals surface area (Å²) in [6.07, 6.45) is 6.68. The van der Waals surface area contributed by atoms with Crippen molar-refractivity contribution >= 4 is 5.97 Å². The molecule has 3 heteroatoms. The molecule has 1 atom stereocenters. The summed E-state index contributed by atoms with van der Waals surface area (Å²) in [6.45, 7) is 1.13. The van der Waals surface area contributed by atoms with Gasteiger partial charge in [0, 0.05) is 6.04 Å². The molecule has 1 heterocycles. The summed E-state index contributed by atoms with van der Waals surface area (Å²) in [6, 6.07) is 0.623. The third-order valence-corrected chi connectivity index (χ3v) is 4.57. The number of rotatable bonds is 2. The molecule has 4 aliphatic rings. The zero-order valence-electron chi connectivity index (χ0n) is 8.38. The molecule has 0 aromatic rings. The van der Waals surface area contributed by atoms with Crippen LogP contribution in [0.3, 0.4) is 0 Å². The highest BCUT2D eigenvalue weighted by Gasteiger charge is 2.73. The van der Waals surface area contributed by atoms with Gasteiger partial charge in [-0.25, -0.2) is 0 Å². The van der Waals surface area contributed by atoms with Crippen molar-refractivity contribution in [1.82, 2.24) is 5.32 Å². The third kappa shape index (κ3) is 0.888. The second-order valence-corrected chi connectivity index (χ2v) is 5.48. The van der Waals surface area contributed by atoms with Gasteiger partial charge in [0.15, 0.2) is 0 Å². The summed E-state index contributed by atoms with van der Waals surface area (Å²) in [7, 11) is 0. The molecule has 0 amide bonds. The number of carboxylic acids is 1. The van der Waals surface area contributed by atoms with E-state index in [1.54, 1.807) is 0 Å². The fourth-order valence-electron chi connectivity index (χ4n) is 3.84. The van der Waals surface area contributed by atoms with Gasteiger partial charge >= 0.3 is 5.97 Å². The first-order valence-electron chi connectivity index (χ1n) is 5.64. The third-order valence-electron chi connectivity index (χ3n) is 4.57. The lowest BCUT2D eigenvalue weighted by atomic mass is 9.33. The fraction of sp³-hybridized carbons (Fsp3) is 0.909. The molecule has 4 fully saturated rings. The van der Waals surface area contributed by atoms with Crippen molar-refractivity contribution in [3.8, 4) is 0 Å². The summed E-state index contributed by atoms with van der Waals surface area (Å²) >= 11 is 0. The summed E-state index contributed by atoms with van der Waals surface area (Å²) in [4.78, 5) is 10.9. The maximum Gasteiger partial charge on any atom is 0.309 e. The second kappa shape index (κ2) is 2.51. The first-order chi connectivity index (χ1) is 6.67. The maximum absolute atomic E-state index is 10.9. The van der Waals surface area contributed by atoms with Crippen molar-refractivity contribution in [3.05, 3.63) is 0 Å². The molecule has 1 unspecified atom stereocenters. The highest BCUT2D eigenvalue weighted by Crippen LogP contribution is 2.75. The lowest BCUT2D eigenvalue weighted by molar-refractivity contribution is -0.235. The number of carbonyl (C=O) groups is 1. The molecule has 78 valence electrons. The highest BCUT2D eigenvalue weighted by atomic mass is 16.4. The van der Waals surface area contributed by atoms with Gasteiger partial charge in [0.1, 0.15) is 0 Å². The van der Waals surface area contributed by atoms with E-state index < -0.39 is 5.97 Å². The van der Waals surface area contributed by atoms with Crippen LogP contribution in [0.4, 0.5) is 0 Å². The molecule has 1 aliphatic heterocycles. The summed E-state index contributed by atoms with van der Waals surface area (Å²) in [5, 5.41) is 12.6. The van der Waals surface area contributed by atoms with E-state index in [-0.39, 0.29) is 5.41 Å². The van der Waals surface area contributed by atoms with Crippen LogP contribution in [-0.4, -0.2) is 23.7 Å². The molecule has 0 aromatic carbocycles. The molecule has 2 N–H and O–H groups in total. The molecular formula is C11H17NO2. The van der Waals surface area contributed by atoms with Crippen LogP contribution in [0.5, 0.6) is 0 Å². The quantitative estimate of drug-likeness (QED) is 0.700. The lowest BCUT2D eigenvalue weighted by Crippen LogP contribution is -2.72. The number of aliphatic carboxylic acids is 1. The number of hydrogen-bond acceptors (Lipinski definition) is 2. The Bertz CT molecular complexity index is 261. The Hall–Kier alpha value is -0.570. The number of piperidine rings is 1. The van der Waals surface area contributed by atoms with Gasteiger partial charge in [-0.3, -0.25) is 4.79 Å². The summed E-state index contributed by atoms with van der Waals surface area (Å²) < 4.78 is 0. The Kier molecular flexibility index (Phi) is 1.56. The molecule has 4 rings (SSSR count). The van der Waals surface area contributed by atoms with E-state index in [4.69, 9.17) is 5.11 Å². The molecule has 3 saturated carbocycles. The Balaban J connectivity index is 1.65. The molecule has 14 heavy (non-hydrogen) atoms. The minimum atomic E-state index is -0.560. The first-order valence-corrected chi connectivity index (χ1v) is 5.64. The number of hydrogen-bond donors (Lipinski definition) is 2. The zero-order chi connectivity index (χ0) is 9.81. The number of nitrogens with one attached hydrogen (secondary N) is 1.